The fourth-order valence-corrected chi connectivity index (χ4v) is 2.47. The molecule has 0 aliphatic heterocycles. The standard InChI is InChI=1S/C15H20N2O/c16-9-12-1-3-13(4-2-12)10-17-11-14-5-7-15(18)8-6-14/h1-4,14-15,17-18H,5-8,10-11H2. The van der Waals surface area contributed by atoms with E-state index in [1.165, 1.54) is 5.56 Å². The Labute approximate surface area is 108 Å². The Bertz CT molecular complexity index is 399. The molecular formula is C15H20N2O. The number of nitrogens with zero attached hydrogens (tertiary/aromatic N) is 1. The minimum atomic E-state index is -0.0697. The zero-order valence-corrected chi connectivity index (χ0v) is 10.6. The van der Waals surface area contributed by atoms with Crippen LogP contribution in [0.4, 0.5) is 0 Å². The quantitative estimate of drug-likeness (QED) is 0.853. The smallest absolute Gasteiger partial charge is 0.0991 e. The molecular weight excluding hydrogens is 224 g/mol. The Morgan fingerprint density at radius 3 is 2.44 bits per heavy atom. The van der Waals surface area contributed by atoms with Crippen LogP contribution in [0.5, 0.6) is 0 Å². The fourth-order valence-electron chi connectivity index (χ4n) is 2.47. The summed E-state index contributed by atoms with van der Waals surface area (Å²) in [7, 11) is 0. The maximum absolute atomic E-state index is 9.43. The number of rotatable bonds is 4. The molecule has 96 valence electrons. The average molecular weight is 244 g/mol. The summed E-state index contributed by atoms with van der Waals surface area (Å²) in [5, 5.41) is 21.6. The lowest BCUT2D eigenvalue weighted by atomic mass is 9.87. The number of aliphatic hydroxyl groups excluding tert-OH is 1. The number of hydrogen-bond donors (Lipinski definition) is 2. The number of nitriles is 1. The summed E-state index contributed by atoms with van der Waals surface area (Å²) in [6, 6.07) is 9.82. The summed E-state index contributed by atoms with van der Waals surface area (Å²) in [5.41, 5.74) is 1.92. The van der Waals surface area contributed by atoms with Crippen molar-refractivity contribution in [3.05, 3.63) is 35.4 Å². The lowest BCUT2D eigenvalue weighted by molar-refractivity contribution is 0.108. The van der Waals surface area contributed by atoms with Crippen LogP contribution in [0.2, 0.25) is 0 Å². The minimum absolute atomic E-state index is 0.0697. The number of benzene rings is 1. The number of nitrogens with one attached hydrogen (secondary N) is 1. The van der Waals surface area contributed by atoms with Gasteiger partial charge in [0.25, 0.3) is 0 Å². The minimum Gasteiger partial charge on any atom is -0.393 e. The van der Waals surface area contributed by atoms with Gasteiger partial charge in [-0.05, 0) is 55.8 Å². The molecule has 3 heteroatoms. The second-order valence-electron chi connectivity index (χ2n) is 5.11. The van der Waals surface area contributed by atoms with Crippen molar-refractivity contribution >= 4 is 0 Å². The summed E-state index contributed by atoms with van der Waals surface area (Å²) in [6.07, 6.45) is 4.08. The average Bonchev–Trinajstić information content (AvgIpc) is 2.42. The van der Waals surface area contributed by atoms with Crippen LogP contribution in [0.15, 0.2) is 24.3 Å². The topological polar surface area (TPSA) is 56.0 Å². The van der Waals surface area contributed by atoms with E-state index >= 15 is 0 Å². The molecule has 0 saturated heterocycles. The van der Waals surface area contributed by atoms with Crippen LogP contribution >= 0.6 is 0 Å². The largest absolute Gasteiger partial charge is 0.393 e. The summed E-state index contributed by atoms with van der Waals surface area (Å²) < 4.78 is 0. The van der Waals surface area contributed by atoms with E-state index in [0.717, 1.165) is 38.8 Å². The van der Waals surface area contributed by atoms with Gasteiger partial charge in [-0.1, -0.05) is 12.1 Å². The van der Waals surface area contributed by atoms with Crippen molar-refractivity contribution in [2.75, 3.05) is 6.54 Å². The van der Waals surface area contributed by atoms with Crippen molar-refractivity contribution in [3.8, 4) is 6.07 Å². The van der Waals surface area contributed by atoms with Gasteiger partial charge in [-0.15, -0.1) is 0 Å². The van der Waals surface area contributed by atoms with Gasteiger partial charge in [-0.2, -0.15) is 5.26 Å². The van der Waals surface area contributed by atoms with Crippen molar-refractivity contribution in [2.45, 2.75) is 38.3 Å². The third-order valence-corrected chi connectivity index (χ3v) is 3.66. The van der Waals surface area contributed by atoms with Crippen molar-refractivity contribution in [2.24, 2.45) is 5.92 Å². The molecule has 0 radical (unpaired) electrons. The van der Waals surface area contributed by atoms with E-state index in [2.05, 4.69) is 11.4 Å². The van der Waals surface area contributed by atoms with Gasteiger partial charge in [0.15, 0.2) is 0 Å². The zero-order valence-electron chi connectivity index (χ0n) is 10.6. The molecule has 2 N–H and O–H groups in total. The van der Waals surface area contributed by atoms with Gasteiger partial charge in [-0.3, -0.25) is 0 Å². The SMILES string of the molecule is N#Cc1ccc(CNCC2CCC(O)CC2)cc1. The van der Waals surface area contributed by atoms with E-state index in [9.17, 15) is 5.11 Å². The molecule has 0 aromatic heterocycles. The maximum atomic E-state index is 9.43. The van der Waals surface area contributed by atoms with E-state index in [4.69, 9.17) is 5.26 Å². The Balaban J connectivity index is 1.70. The Kier molecular flexibility index (Phi) is 4.74. The van der Waals surface area contributed by atoms with Crippen molar-refractivity contribution in [1.82, 2.24) is 5.32 Å². The van der Waals surface area contributed by atoms with Crippen molar-refractivity contribution in [3.63, 3.8) is 0 Å². The lowest BCUT2D eigenvalue weighted by Crippen LogP contribution is -2.27. The van der Waals surface area contributed by atoms with Gasteiger partial charge in [-0.25, -0.2) is 0 Å². The zero-order chi connectivity index (χ0) is 12.8. The fraction of sp³-hybridized carbons (Fsp3) is 0.533. The molecule has 2 rings (SSSR count). The number of aliphatic hydroxyl groups is 1. The van der Waals surface area contributed by atoms with Crippen LogP contribution in [-0.4, -0.2) is 17.8 Å². The molecule has 0 heterocycles. The molecule has 1 aromatic carbocycles. The third kappa shape index (κ3) is 3.83. The van der Waals surface area contributed by atoms with Gasteiger partial charge in [0.2, 0.25) is 0 Å². The van der Waals surface area contributed by atoms with Crippen molar-refractivity contribution < 1.29 is 5.11 Å². The van der Waals surface area contributed by atoms with Crippen molar-refractivity contribution in [1.29, 1.82) is 5.26 Å². The molecule has 0 bridgehead atoms. The van der Waals surface area contributed by atoms with E-state index < -0.39 is 0 Å². The Morgan fingerprint density at radius 2 is 1.83 bits per heavy atom. The molecule has 1 aliphatic carbocycles. The second-order valence-corrected chi connectivity index (χ2v) is 5.11. The summed E-state index contributed by atoms with van der Waals surface area (Å²) in [5.74, 6) is 0.701. The predicted octanol–water partition coefficient (Wildman–Crippen LogP) is 2.20. The first-order chi connectivity index (χ1) is 8.78. The first kappa shape index (κ1) is 13.1. The molecule has 0 amide bonds. The normalized spacial score (nSPS) is 23.6. The predicted molar refractivity (Wildman–Crippen MR) is 70.8 cm³/mol. The Morgan fingerprint density at radius 1 is 1.17 bits per heavy atom. The van der Waals surface area contributed by atoms with Gasteiger partial charge >= 0.3 is 0 Å². The highest BCUT2D eigenvalue weighted by Gasteiger charge is 2.18. The Hall–Kier alpha value is -1.37. The summed E-state index contributed by atoms with van der Waals surface area (Å²) in [6.45, 7) is 1.87. The van der Waals surface area contributed by atoms with E-state index in [-0.39, 0.29) is 6.10 Å². The molecule has 0 spiro atoms. The molecule has 0 unspecified atom stereocenters. The molecule has 1 fully saturated rings. The summed E-state index contributed by atoms with van der Waals surface area (Å²) >= 11 is 0. The molecule has 0 atom stereocenters. The van der Waals surface area contributed by atoms with E-state index in [1.54, 1.807) is 0 Å². The third-order valence-electron chi connectivity index (χ3n) is 3.66. The van der Waals surface area contributed by atoms with Crippen LogP contribution in [0.25, 0.3) is 0 Å². The first-order valence-corrected chi connectivity index (χ1v) is 6.66. The molecule has 18 heavy (non-hydrogen) atoms. The van der Waals surface area contributed by atoms with Gasteiger partial charge in [0.05, 0.1) is 17.7 Å². The van der Waals surface area contributed by atoms with Crippen LogP contribution in [0.3, 0.4) is 0 Å². The van der Waals surface area contributed by atoms with E-state index in [0.29, 0.717) is 11.5 Å². The molecule has 1 saturated carbocycles. The van der Waals surface area contributed by atoms with Crippen LogP contribution in [0.1, 0.15) is 36.8 Å². The summed E-state index contributed by atoms with van der Waals surface area (Å²) in [4.78, 5) is 0. The molecule has 1 aliphatic rings. The van der Waals surface area contributed by atoms with E-state index in [1.807, 2.05) is 24.3 Å². The first-order valence-electron chi connectivity index (χ1n) is 6.66. The van der Waals surface area contributed by atoms with Gasteiger partial charge < -0.3 is 10.4 Å². The van der Waals surface area contributed by atoms with Crippen LogP contribution in [-0.2, 0) is 6.54 Å². The maximum Gasteiger partial charge on any atom is 0.0991 e. The lowest BCUT2D eigenvalue weighted by Gasteiger charge is -2.25. The highest BCUT2D eigenvalue weighted by atomic mass is 16.3. The monoisotopic (exact) mass is 244 g/mol. The molecule has 3 nitrogen and oxygen atoms in total. The highest BCUT2D eigenvalue weighted by Crippen LogP contribution is 2.23. The molecule has 1 aromatic rings. The van der Waals surface area contributed by atoms with Gasteiger partial charge in [0.1, 0.15) is 0 Å². The van der Waals surface area contributed by atoms with Crippen LogP contribution in [0, 0.1) is 17.2 Å². The highest BCUT2D eigenvalue weighted by molar-refractivity contribution is 5.31. The van der Waals surface area contributed by atoms with Gasteiger partial charge in [0, 0.05) is 6.54 Å². The second kappa shape index (κ2) is 6.53. The number of hydrogen-bond acceptors (Lipinski definition) is 3. The van der Waals surface area contributed by atoms with Crippen LogP contribution < -0.4 is 5.32 Å².